The van der Waals surface area contributed by atoms with Crippen LogP contribution in [-0.4, -0.2) is 30.1 Å². The molecule has 2 unspecified atom stereocenters. The lowest BCUT2D eigenvalue weighted by Crippen LogP contribution is -2.54. The van der Waals surface area contributed by atoms with Crippen molar-refractivity contribution >= 4 is 0 Å². The van der Waals surface area contributed by atoms with Crippen LogP contribution in [-0.2, 0) is 6.54 Å². The van der Waals surface area contributed by atoms with Crippen LogP contribution in [0.5, 0.6) is 5.75 Å². The average Bonchev–Trinajstić information content (AvgIpc) is 2.83. The van der Waals surface area contributed by atoms with Crippen molar-refractivity contribution in [2.24, 2.45) is 11.7 Å². The van der Waals surface area contributed by atoms with Gasteiger partial charge in [0.1, 0.15) is 12.4 Å². The molecule has 1 fully saturated rings. The third-order valence-electron chi connectivity index (χ3n) is 5.44. The third kappa shape index (κ3) is 3.09. The fraction of sp³-hybridized carbons (Fsp3) is 0.667. The Hall–Kier alpha value is -1.06. The molecule has 2 atom stereocenters. The Morgan fingerprint density at radius 1 is 1.29 bits per heavy atom. The number of ether oxygens (including phenoxy) is 1. The zero-order valence-electron chi connectivity index (χ0n) is 13.2. The highest BCUT2D eigenvalue weighted by atomic mass is 16.5. The van der Waals surface area contributed by atoms with Gasteiger partial charge in [0.2, 0.25) is 0 Å². The summed E-state index contributed by atoms with van der Waals surface area (Å²) in [5.74, 6) is 1.89. The molecule has 1 heterocycles. The monoisotopic (exact) mass is 288 g/mol. The number of benzene rings is 1. The average molecular weight is 288 g/mol. The highest BCUT2D eigenvalue weighted by Crippen LogP contribution is 2.36. The van der Waals surface area contributed by atoms with Crippen molar-refractivity contribution < 1.29 is 4.74 Å². The molecule has 1 aliphatic carbocycles. The molecule has 2 N–H and O–H groups in total. The topological polar surface area (TPSA) is 38.5 Å². The van der Waals surface area contributed by atoms with Crippen molar-refractivity contribution in [3.63, 3.8) is 0 Å². The normalized spacial score (nSPS) is 30.9. The molecular formula is C18H28N2O. The molecular weight excluding hydrogens is 260 g/mol. The minimum absolute atomic E-state index is 0.172. The summed E-state index contributed by atoms with van der Waals surface area (Å²) >= 11 is 0. The standard InChI is InChI=1S/C18H28N2O/c1-15-5-4-9-18(14-19,10-8-15)20-11-12-21-17-7-3-2-6-16(17)13-20/h2-3,6-7,15H,4-5,8-14,19H2,1H3. The van der Waals surface area contributed by atoms with E-state index in [1.54, 1.807) is 0 Å². The number of hydrogen-bond donors (Lipinski definition) is 1. The van der Waals surface area contributed by atoms with E-state index in [4.69, 9.17) is 10.5 Å². The molecule has 1 aromatic rings. The molecule has 0 radical (unpaired) electrons. The molecule has 3 heteroatoms. The van der Waals surface area contributed by atoms with E-state index < -0.39 is 0 Å². The lowest BCUT2D eigenvalue weighted by atomic mass is 9.87. The Balaban J connectivity index is 1.83. The van der Waals surface area contributed by atoms with Gasteiger partial charge in [-0.2, -0.15) is 0 Å². The number of nitrogens with zero attached hydrogens (tertiary/aromatic N) is 1. The van der Waals surface area contributed by atoms with Crippen molar-refractivity contribution in [3.8, 4) is 5.75 Å². The Morgan fingerprint density at radius 2 is 2.14 bits per heavy atom. The molecule has 1 aromatic carbocycles. The Bertz CT molecular complexity index is 476. The smallest absolute Gasteiger partial charge is 0.123 e. The molecule has 1 aliphatic heterocycles. The summed E-state index contributed by atoms with van der Waals surface area (Å²) < 4.78 is 5.93. The molecule has 0 bridgehead atoms. The largest absolute Gasteiger partial charge is 0.492 e. The van der Waals surface area contributed by atoms with Crippen molar-refractivity contribution in [2.75, 3.05) is 19.7 Å². The van der Waals surface area contributed by atoms with Gasteiger partial charge >= 0.3 is 0 Å². The second-order valence-corrected chi connectivity index (χ2v) is 6.84. The van der Waals surface area contributed by atoms with Crippen LogP contribution in [0.2, 0.25) is 0 Å². The maximum absolute atomic E-state index is 6.27. The highest BCUT2D eigenvalue weighted by molar-refractivity contribution is 5.34. The summed E-state index contributed by atoms with van der Waals surface area (Å²) in [5, 5.41) is 0. The molecule has 1 saturated carbocycles. The molecule has 0 aromatic heterocycles. The number of rotatable bonds is 2. The van der Waals surface area contributed by atoms with Crippen LogP contribution in [0.15, 0.2) is 24.3 Å². The van der Waals surface area contributed by atoms with Crippen LogP contribution in [0.3, 0.4) is 0 Å². The zero-order valence-corrected chi connectivity index (χ0v) is 13.2. The summed E-state index contributed by atoms with van der Waals surface area (Å²) in [7, 11) is 0. The van der Waals surface area contributed by atoms with Gasteiger partial charge in [-0.3, -0.25) is 4.90 Å². The number of nitrogens with two attached hydrogens (primary N) is 1. The molecule has 0 amide bonds. The number of para-hydroxylation sites is 1. The van der Waals surface area contributed by atoms with Gasteiger partial charge in [-0.15, -0.1) is 0 Å². The Morgan fingerprint density at radius 3 is 3.00 bits per heavy atom. The van der Waals surface area contributed by atoms with E-state index in [0.717, 1.165) is 37.9 Å². The molecule has 116 valence electrons. The van der Waals surface area contributed by atoms with Gasteiger partial charge in [0.15, 0.2) is 0 Å². The van der Waals surface area contributed by atoms with E-state index in [-0.39, 0.29) is 5.54 Å². The highest BCUT2D eigenvalue weighted by Gasteiger charge is 2.37. The van der Waals surface area contributed by atoms with Gasteiger partial charge in [-0.1, -0.05) is 38.0 Å². The lowest BCUT2D eigenvalue weighted by Gasteiger charge is -2.42. The predicted octanol–water partition coefficient (Wildman–Crippen LogP) is 3.18. The molecule has 0 spiro atoms. The molecule has 3 nitrogen and oxygen atoms in total. The second-order valence-electron chi connectivity index (χ2n) is 6.84. The first-order valence-corrected chi connectivity index (χ1v) is 8.39. The van der Waals surface area contributed by atoms with Crippen molar-refractivity contribution in [2.45, 2.75) is 51.1 Å². The first kappa shape index (κ1) is 14.9. The summed E-state index contributed by atoms with van der Waals surface area (Å²) in [6.07, 6.45) is 6.42. The van der Waals surface area contributed by atoms with Crippen LogP contribution in [0.4, 0.5) is 0 Å². The minimum Gasteiger partial charge on any atom is -0.492 e. The van der Waals surface area contributed by atoms with Gasteiger partial charge in [0.25, 0.3) is 0 Å². The maximum atomic E-state index is 6.27. The summed E-state index contributed by atoms with van der Waals surface area (Å²) in [4.78, 5) is 2.61. The van der Waals surface area contributed by atoms with Crippen LogP contribution >= 0.6 is 0 Å². The van der Waals surface area contributed by atoms with Gasteiger partial charge in [0, 0.05) is 30.7 Å². The van der Waals surface area contributed by atoms with Gasteiger partial charge in [0.05, 0.1) is 0 Å². The minimum atomic E-state index is 0.172. The fourth-order valence-corrected chi connectivity index (χ4v) is 3.94. The Labute approximate surface area is 128 Å². The SMILES string of the molecule is CC1CCCC(CN)(N2CCOc3ccccc3C2)CC1. The van der Waals surface area contributed by atoms with Crippen molar-refractivity contribution in [1.29, 1.82) is 0 Å². The second kappa shape index (κ2) is 6.37. The van der Waals surface area contributed by atoms with E-state index in [2.05, 4.69) is 36.1 Å². The molecule has 2 aliphatic rings. The van der Waals surface area contributed by atoms with Crippen LogP contribution in [0.25, 0.3) is 0 Å². The maximum Gasteiger partial charge on any atom is 0.123 e. The fourth-order valence-electron chi connectivity index (χ4n) is 3.94. The lowest BCUT2D eigenvalue weighted by molar-refractivity contribution is 0.0634. The van der Waals surface area contributed by atoms with E-state index in [1.807, 2.05) is 0 Å². The molecule has 3 rings (SSSR count). The quantitative estimate of drug-likeness (QED) is 0.850. The van der Waals surface area contributed by atoms with Crippen LogP contribution in [0.1, 0.15) is 44.6 Å². The number of fused-ring (bicyclic) bond motifs is 1. The molecule has 0 saturated heterocycles. The van der Waals surface area contributed by atoms with E-state index >= 15 is 0 Å². The van der Waals surface area contributed by atoms with Crippen LogP contribution < -0.4 is 10.5 Å². The van der Waals surface area contributed by atoms with Gasteiger partial charge in [-0.25, -0.2) is 0 Å². The molecule has 21 heavy (non-hydrogen) atoms. The number of hydrogen-bond acceptors (Lipinski definition) is 3. The van der Waals surface area contributed by atoms with Gasteiger partial charge < -0.3 is 10.5 Å². The van der Waals surface area contributed by atoms with Crippen molar-refractivity contribution in [1.82, 2.24) is 4.90 Å². The Kier molecular flexibility index (Phi) is 4.51. The zero-order chi connectivity index (χ0) is 14.7. The van der Waals surface area contributed by atoms with E-state index in [9.17, 15) is 0 Å². The van der Waals surface area contributed by atoms with Gasteiger partial charge in [-0.05, 0) is 31.2 Å². The van der Waals surface area contributed by atoms with Crippen molar-refractivity contribution in [3.05, 3.63) is 29.8 Å². The summed E-state index contributed by atoms with van der Waals surface area (Å²) in [5.41, 5.74) is 7.75. The van der Waals surface area contributed by atoms with E-state index in [1.165, 1.54) is 37.7 Å². The van der Waals surface area contributed by atoms with Crippen LogP contribution in [0, 0.1) is 5.92 Å². The third-order valence-corrected chi connectivity index (χ3v) is 5.44. The van der Waals surface area contributed by atoms with E-state index in [0.29, 0.717) is 0 Å². The predicted molar refractivity (Wildman–Crippen MR) is 86.4 cm³/mol. The first-order valence-electron chi connectivity index (χ1n) is 8.39. The summed E-state index contributed by atoms with van der Waals surface area (Å²) in [6.45, 7) is 5.88. The summed E-state index contributed by atoms with van der Waals surface area (Å²) in [6, 6.07) is 8.44. The first-order chi connectivity index (χ1) is 10.2.